The van der Waals surface area contributed by atoms with Gasteiger partial charge in [-0.2, -0.15) is 0 Å². The smallest absolute Gasteiger partial charge is 0.261 e. The van der Waals surface area contributed by atoms with Crippen LogP contribution in [-0.2, 0) is 0 Å². The number of nitrogens with zero attached hydrogens (tertiary/aromatic N) is 1. The van der Waals surface area contributed by atoms with Gasteiger partial charge in [-0.05, 0) is 18.2 Å². The van der Waals surface area contributed by atoms with E-state index < -0.39 is 0 Å². The van der Waals surface area contributed by atoms with E-state index in [1.54, 1.807) is 18.2 Å². The molecule has 6 heteroatoms. The van der Waals surface area contributed by atoms with Crippen molar-refractivity contribution >= 4 is 23.2 Å². The number of ether oxygens (including phenoxy) is 1. The highest BCUT2D eigenvalue weighted by atomic mass is 35.5. The van der Waals surface area contributed by atoms with E-state index in [2.05, 4.69) is 10.5 Å². The molecule has 3 aromatic rings. The Morgan fingerprint density at radius 3 is 2.74 bits per heavy atom. The minimum absolute atomic E-state index is 0.332. The fourth-order valence-corrected chi connectivity index (χ4v) is 2.34. The summed E-state index contributed by atoms with van der Waals surface area (Å²) >= 11 is 5.97. The zero-order valence-electron chi connectivity index (χ0n) is 12.2. The van der Waals surface area contributed by atoms with Gasteiger partial charge in [0.15, 0.2) is 5.76 Å². The van der Waals surface area contributed by atoms with E-state index in [0.29, 0.717) is 27.8 Å². The minimum atomic E-state index is -0.356. The molecule has 1 amide bonds. The number of hydrogen-bond donors (Lipinski definition) is 1. The van der Waals surface area contributed by atoms with Gasteiger partial charge >= 0.3 is 0 Å². The highest BCUT2D eigenvalue weighted by Crippen LogP contribution is 2.29. The highest BCUT2D eigenvalue weighted by Gasteiger charge is 2.19. The lowest BCUT2D eigenvalue weighted by molar-refractivity contribution is 0.102. The zero-order valence-corrected chi connectivity index (χ0v) is 13.0. The average Bonchev–Trinajstić information content (AvgIpc) is 3.05. The fraction of sp³-hybridized carbons (Fsp3) is 0.0588. The Bertz CT molecular complexity index is 831. The minimum Gasteiger partial charge on any atom is -0.495 e. The van der Waals surface area contributed by atoms with Crippen LogP contribution in [0, 0.1) is 0 Å². The number of anilines is 1. The molecule has 0 saturated carbocycles. The molecule has 0 atom stereocenters. The molecule has 0 radical (unpaired) electrons. The molecule has 5 nitrogen and oxygen atoms in total. The van der Waals surface area contributed by atoms with Crippen LogP contribution in [0.25, 0.3) is 11.3 Å². The summed E-state index contributed by atoms with van der Waals surface area (Å²) in [5.41, 5.74) is 1.58. The van der Waals surface area contributed by atoms with Crippen molar-refractivity contribution < 1.29 is 14.1 Å². The number of methoxy groups -OCH3 is 1. The zero-order chi connectivity index (χ0) is 16.2. The van der Waals surface area contributed by atoms with Gasteiger partial charge in [0.05, 0.1) is 19.0 Å². The van der Waals surface area contributed by atoms with Gasteiger partial charge in [0.2, 0.25) is 0 Å². The Labute approximate surface area is 137 Å². The second-order valence-electron chi connectivity index (χ2n) is 4.73. The van der Waals surface area contributed by atoms with E-state index in [4.69, 9.17) is 20.9 Å². The summed E-state index contributed by atoms with van der Waals surface area (Å²) in [5, 5.41) is 6.99. The number of rotatable bonds is 4. The Kier molecular flexibility index (Phi) is 4.30. The van der Waals surface area contributed by atoms with E-state index in [9.17, 15) is 4.79 Å². The second-order valence-corrected chi connectivity index (χ2v) is 5.17. The lowest BCUT2D eigenvalue weighted by atomic mass is 10.1. The van der Waals surface area contributed by atoms with E-state index in [0.717, 1.165) is 5.56 Å². The first-order valence-corrected chi connectivity index (χ1v) is 7.22. The van der Waals surface area contributed by atoms with Gasteiger partial charge in [0, 0.05) is 10.6 Å². The third-order valence-corrected chi connectivity index (χ3v) is 3.50. The first kappa shape index (κ1) is 15.1. The number of halogens is 1. The molecule has 0 saturated heterocycles. The normalized spacial score (nSPS) is 10.3. The molecule has 0 aliphatic rings. The van der Waals surface area contributed by atoms with Crippen LogP contribution in [0.3, 0.4) is 0 Å². The summed E-state index contributed by atoms with van der Waals surface area (Å²) in [6.45, 7) is 0. The van der Waals surface area contributed by atoms with Crippen LogP contribution in [0.5, 0.6) is 5.75 Å². The van der Waals surface area contributed by atoms with Gasteiger partial charge < -0.3 is 14.6 Å². The third-order valence-electron chi connectivity index (χ3n) is 3.26. The first-order valence-electron chi connectivity index (χ1n) is 6.84. The molecule has 0 unspecified atom stereocenters. The molecule has 0 bridgehead atoms. The topological polar surface area (TPSA) is 64.4 Å². The number of amides is 1. The SMILES string of the molecule is COc1ccc(Cl)cc1NC(=O)c1cnoc1-c1ccccc1. The number of nitrogens with one attached hydrogen (secondary N) is 1. The van der Waals surface area contributed by atoms with Crippen molar-refractivity contribution in [1.82, 2.24) is 5.16 Å². The first-order chi connectivity index (χ1) is 11.2. The maximum atomic E-state index is 12.5. The lowest BCUT2D eigenvalue weighted by Gasteiger charge is -2.10. The van der Waals surface area contributed by atoms with Gasteiger partial charge in [-0.15, -0.1) is 0 Å². The quantitative estimate of drug-likeness (QED) is 0.777. The summed E-state index contributed by atoms with van der Waals surface area (Å²) in [7, 11) is 1.52. The second kappa shape index (κ2) is 6.54. The molecule has 1 N–H and O–H groups in total. The number of aromatic nitrogens is 1. The molecule has 116 valence electrons. The predicted octanol–water partition coefficient (Wildman–Crippen LogP) is 4.26. The number of hydrogen-bond acceptors (Lipinski definition) is 4. The van der Waals surface area contributed by atoms with Crippen LogP contribution in [0.4, 0.5) is 5.69 Å². The molecule has 0 spiro atoms. The highest BCUT2D eigenvalue weighted by molar-refractivity contribution is 6.31. The van der Waals surface area contributed by atoms with Crippen LogP contribution in [0.15, 0.2) is 59.3 Å². The number of carbonyl (C=O) groups is 1. The van der Waals surface area contributed by atoms with Gasteiger partial charge in [-0.1, -0.05) is 47.1 Å². The number of benzene rings is 2. The molecule has 23 heavy (non-hydrogen) atoms. The van der Waals surface area contributed by atoms with Gasteiger partial charge in [0.25, 0.3) is 5.91 Å². The van der Waals surface area contributed by atoms with Gasteiger partial charge in [0.1, 0.15) is 11.3 Å². The van der Waals surface area contributed by atoms with Crippen LogP contribution in [0.1, 0.15) is 10.4 Å². The molecular formula is C17H13ClN2O3. The maximum absolute atomic E-state index is 12.5. The molecule has 1 aromatic heterocycles. The molecule has 0 aliphatic heterocycles. The summed E-state index contributed by atoms with van der Waals surface area (Å²) in [5.74, 6) is 0.565. The molecule has 1 heterocycles. The van der Waals surface area contributed by atoms with Gasteiger partial charge in [-0.25, -0.2) is 0 Å². The largest absolute Gasteiger partial charge is 0.495 e. The van der Waals surface area contributed by atoms with Crippen LogP contribution in [-0.4, -0.2) is 18.2 Å². The maximum Gasteiger partial charge on any atom is 0.261 e. The standard InChI is InChI=1S/C17H13ClN2O3/c1-22-15-8-7-12(18)9-14(15)20-17(21)13-10-19-23-16(13)11-5-3-2-4-6-11/h2-10H,1H3,(H,20,21). The van der Waals surface area contributed by atoms with Crippen LogP contribution >= 0.6 is 11.6 Å². The van der Waals surface area contributed by atoms with Gasteiger partial charge in [-0.3, -0.25) is 4.79 Å². The van der Waals surface area contributed by atoms with Crippen molar-refractivity contribution in [1.29, 1.82) is 0 Å². The molecule has 0 fully saturated rings. The molecule has 0 aliphatic carbocycles. The summed E-state index contributed by atoms with van der Waals surface area (Å²) < 4.78 is 10.4. The predicted molar refractivity (Wildman–Crippen MR) is 87.9 cm³/mol. The van der Waals surface area contributed by atoms with E-state index in [1.165, 1.54) is 13.3 Å². The fourth-order valence-electron chi connectivity index (χ4n) is 2.17. The van der Waals surface area contributed by atoms with E-state index in [1.807, 2.05) is 30.3 Å². The monoisotopic (exact) mass is 328 g/mol. The molecule has 2 aromatic carbocycles. The molecule has 3 rings (SSSR count). The summed E-state index contributed by atoms with van der Waals surface area (Å²) in [4.78, 5) is 12.5. The van der Waals surface area contributed by atoms with Crippen LogP contribution < -0.4 is 10.1 Å². The lowest BCUT2D eigenvalue weighted by Crippen LogP contribution is -2.12. The van der Waals surface area contributed by atoms with E-state index in [-0.39, 0.29) is 5.91 Å². The third kappa shape index (κ3) is 3.19. The van der Waals surface area contributed by atoms with Crippen molar-refractivity contribution in [2.45, 2.75) is 0 Å². The Morgan fingerprint density at radius 1 is 1.22 bits per heavy atom. The Morgan fingerprint density at radius 2 is 2.00 bits per heavy atom. The van der Waals surface area contributed by atoms with Crippen molar-refractivity contribution in [3.8, 4) is 17.1 Å². The van der Waals surface area contributed by atoms with Crippen molar-refractivity contribution in [2.24, 2.45) is 0 Å². The number of carbonyl (C=O) groups excluding carboxylic acids is 1. The van der Waals surface area contributed by atoms with Crippen LogP contribution in [0.2, 0.25) is 5.02 Å². The summed E-state index contributed by atoms with van der Waals surface area (Å²) in [6.07, 6.45) is 1.38. The van der Waals surface area contributed by atoms with Crippen molar-refractivity contribution in [2.75, 3.05) is 12.4 Å². The Hall–Kier alpha value is -2.79. The molecular weight excluding hydrogens is 316 g/mol. The average molecular weight is 329 g/mol. The Balaban J connectivity index is 1.91. The van der Waals surface area contributed by atoms with Crippen molar-refractivity contribution in [3.63, 3.8) is 0 Å². The summed E-state index contributed by atoms with van der Waals surface area (Å²) in [6, 6.07) is 14.3. The van der Waals surface area contributed by atoms with Crippen molar-refractivity contribution in [3.05, 3.63) is 65.3 Å². The van der Waals surface area contributed by atoms with E-state index >= 15 is 0 Å².